The second-order valence-electron chi connectivity index (χ2n) is 7.23. The molecule has 0 spiro atoms. The summed E-state index contributed by atoms with van der Waals surface area (Å²) in [4.78, 5) is 26.4. The Balaban J connectivity index is 1.82. The molecule has 25 heavy (non-hydrogen) atoms. The Kier molecular flexibility index (Phi) is 7.28. The lowest BCUT2D eigenvalue weighted by Crippen LogP contribution is -2.46. The highest BCUT2D eigenvalue weighted by Gasteiger charge is 2.25. The van der Waals surface area contributed by atoms with Crippen LogP contribution in [0.25, 0.3) is 0 Å². The first-order valence-electron chi connectivity index (χ1n) is 9.34. The average molecular weight is 349 g/mol. The van der Waals surface area contributed by atoms with Gasteiger partial charge in [-0.05, 0) is 31.1 Å². The molecular formula is C18H31N5O2. The third-order valence-corrected chi connectivity index (χ3v) is 4.36. The Labute approximate surface area is 150 Å². The first-order valence-corrected chi connectivity index (χ1v) is 9.34. The topological polar surface area (TPSA) is 79.3 Å². The third-order valence-electron chi connectivity index (χ3n) is 4.36. The average Bonchev–Trinajstić information content (AvgIpc) is 3.00. The van der Waals surface area contributed by atoms with E-state index < -0.39 is 0 Å². The van der Waals surface area contributed by atoms with Crippen LogP contribution in [0.2, 0.25) is 0 Å². The van der Waals surface area contributed by atoms with E-state index >= 15 is 0 Å². The van der Waals surface area contributed by atoms with Crippen LogP contribution < -0.4 is 10.6 Å². The van der Waals surface area contributed by atoms with Crippen LogP contribution in [-0.4, -0.2) is 46.3 Å². The van der Waals surface area contributed by atoms with Crippen molar-refractivity contribution in [3.8, 4) is 0 Å². The van der Waals surface area contributed by atoms with Crippen LogP contribution in [0.4, 0.5) is 10.6 Å². The molecule has 0 aliphatic carbocycles. The van der Waals surface area contributed by atoms with Crippen molar-refractivity contribution in [3.63, 3.8) is 0 Å². The van der Waals surface area contributed by atoms with Gasteiger partial charge in [-0.1, -0.05) is 20.8 Å². The van der Waals surface area contributed by atoms with Crippen molar-refractivity contribution in [2.24, 2.45) is 11.8 Å². The van der Waals surface area contributed by atoms with Gasteiger partial charge < -0.3 is 15.5 Å². The summed E-state index contributed by atoms with van der Waals surface area (Å²) in [7, 11) is 0. The molecule has 1 aliphatic heterocycles. The first-order chi connectivity index (χ1) is 12.0. The second kappa shape index (κ2) is 9.44. The van der Waals surface area contributed by atoms with Crippen molar-refractivity contribution in [1.29, 1.82) is 0 Å². The number of aromatic nitrogens is 2. The maximum absolute atomic E-state index is 12.4. The number of nitrogens with zero attached hydrogens (tertiary/aromatic N) is 3. The molecule has 0 unspecified atom stereocenters. The fraction of sp³-hybridized carbons (Fsp3) is 0.722. The summed E-state index contributed by atoms with van der Waals surface area (Å²) in [6.07, 6.45) is 5.03. The smallest absolute Gasteiger partial charge is 0.317 e. The monoisotopic (exact) mass is 349 g/mol. The molecule has 3 amide bonds. The molecule has 2 N–H and O–H groups in total. The molecule has 7 nitrogen and oxygen atoms in total. The van der Waals surface area contributed by atoms with Crippen molar-refractivity contribution >= 4 is 17.8 Å². The van der Waals surface area contributed by atoms with E-state index in [-0.39, 0.29) is 17.9 Å². The van der Waals surface area contributed by atoms with Crippen LogP contribution in [0.5, 0.6) is 0 Å². The van der Waals surface area contributed by atoms with Gasteiger partial charge in [0.05, 0.1) is 6.20 Å². The van der Waals surface area contributed by atoms with Gasteiger partial charge >= 0.3 is 6.03 Å². The maximum atomic E-state index is 12.4. The highest BCUT2D eigenvalue weighted by atomic mass is 16.2. The fourth-order valence-electron chi connectivity index (χ4n) is 3.10. The first kappa shape index (κ1) is 19.3. The number of urea groups is 1. The largest absolute Gasteiger partial charge is 0.338 e. The summed E-state index contributed by atoms with van der Waals surface area (Å²) in [5.41, 5.74) is 0. The number of rotatable bonds is 7. The minimum atomic E-state index is -0.0140. The minimum absolute atomic E-state index is 0.00714. The van der Waals surface area contributed by atoms with Gasteiger partial charge in [0.1, 0.15) is 5.82 Å². The number of anilines is 1. The number of amides is 3. The van der Waals surface area contributed by atoms with Gasteiger partial charge in [-0.2, -0.15) is 5.10 Å². The molecule has 1 saturated heterocycles. The molecule has 1 fully saturated rings. The molecule has 1 aromatic heterocycles. The predicted octanol–water partition coefficient (Wildman–Crippen LogP) is 2.70. The summed E-state index contributed by atoms with van der Waals surface area (Å²) in [5, 5.41) is 10.1. The van der Waals surface area contributed by atoms with Crippen LogP contribution in [0.1, 0.15) is 46.5 Å². The van der Waals surface area contributed by atoms with E-state index in [4.69, 9.17) is 0 Å². The molecule has 2 rings (SSSR count). The number of carbonyl (C=O) groups is 2. The molecule has 1 aliphatic rings. The molecule has 7 heteroatoms. The van der Waals surface area contributed by atoms with Crippen LogP contribution in [0, 0.1) is 11.8 Å². The maximum Gasteiger partial charge on any atom is 0.317 e. The molecular weight excluding hydrogens is 318 g/mol. The van der Waals surface area contributed by atoms with Crippen LogP contribution >= 0.6 is 0 Å². The third kappa shape index (κ3) is 6.07. The standard InChI is InChI=1S/C18H31N5O2/c1-4-9-23-16(7-8-20-23)21-17(24)11-15-6-5-10-22(13-15)18(25)19-12-14(2)3/h7-8,14-15H,4-6,9-13H2,1-3H3,(H,19,25)(H,21,24)/t15-/m0/s1. The molecule has 2 heterocycles. The Hall–Kier alpha value is -2.05. The van der Waals surface area contributed by atoms with Gasteiger partial charge in [-0.25, -0.2) is 9.48 Å². The van der Waals surface area contributed by atoms with Crippen LogP contribution in [-0.2, 0) is 11.3 Å². The lowest BCUT2D eigenvalue weighted by atomic mass is 9.94. The molecule has 0 radical (unpaired) electrons. The molecule has 0 bridgehead atoms. The van der Waals surface area contributed by atoms with Gasteiger partial charge in [0.2, 0.25) is 5.91 Å². The summed E-state index contributed by atoms with van der Waals surface area (Å²) in [6, 6.07) is 1.81. The number of likely N-dealkylation sites (tertiary alicyclic amines) is 1. The van der Waals surface area contributed by atoms with Crippen LogP contribution in [0.3, 0.4) is 0 Å². The van der Waals surface area contributed by atoms with Gasteiger partial charge in [0, 0.05) is 38.7 Å². The zero-order valence-corrected chi connectivity index (χ0v) is 15.6. The van der Waals surface area contributed by atoms with Gasteiger partial charge in [0.15, 0.2) is 0 Å². The van der Waals surface area contributed by atoms with E-state index in [9.17, 15) is 9.59 Å². The predicted molar refractivity (Wildman–Crippen MR) is 98.3 cm³/mol. The number of nitrogens with one attached hydrogen (secondary N) is 2. The molecule has 1 atom stereocenters. The van der Waals surface area contributed by atoms with Gasteiger partial charge in [-0.15, -0.1) is 0 Å². The highest BCUT2D eigenvalue weighted by molar-refractivity contribution is 5.90. The van der Waals surface area contributed by atoms with Crippen molar-refractivity contribution in [3.05, 3.63) is 12.3 Å². The molecule has 1 aromatic rings. The molecule has 0 saturated carbocycles. The van der Waals surface area contributed by atoms with Crippen molar-refractivity contribution in [1.82, 2.24) is 20.0 Å². The van der Waals surface area contributed by atoms with E-state index in [1.165, 1.54) is 0 Å². The molecule has 140 valence electrons. The lowest BCUT2D eigenvalue weighted by molar-refractivity contribution is -0.117. The minimum Gasteiger partial charge on any atom is -0.338 e. The fourth-order valence-corrected chi connectivity index (χ4v) is 3.10. The number of hydrogen-bond acceptors (Lipinski definition) is 3. The van der Waals surface area contributed by atoms with E-state index in [0.717, 1.165) is 38.2 Å². The summed E-state index contributed by atoms with van der Waals surface area (Å²) < 4.78 is 1.81. The zero-order valence-electron chi connectivity index (χ0n) is 15.6. The summed E-state index contributed by atoms with van der Waals surface area (Å²) in [6.45, 7) is 9.11. The van der Waals surface area contributed by atoms with Gasteiger partial charge in [0.25, 0.3) is 0 Å². The SMILES string of the molecule is CCCn1nccc1NC(=O)C[C@@H]1CCCN(C(=O)NCC(C)C)C1. The number of piperidine rings is 1. The molecule has 0 aromatic carbocycles. The van der Waals surface area contributed by atoms with E-state index in [1.54, 1.807) is 6.20 Å². The second-order valence-corrected chi connectivity index (χ2v) is 7.23. The number of aryl methyl sites for hydroxylation is 1. The number of hydrogen-bond donors (Lipinski definition) is 2. The Morgan fingerprint density at radius 3 is 2.92 bits per heavy atom. The normalized spacial score (nSPS) is 17.6. The van der Waals surface area contributed by atoms with Crippen LogP contribution in [0.15, 0.2) is 12.3 Å². The van der Waals surface area contributed by atoms with E-state index in [2.05, 4.69) is 36.5 Å². The summed E-state index contributed by atoms with van der Waals surface area (Å²) in [5.74, 6) is 1.38. The quantitative estimate of drug-likeness (QED) is 0.794. The van der Waals surface area contributed by atoms with Crippen molar-refractivity contribution < 1.29 is 9.59 Å². The Morgan fingerprint density at radius 2 is 2.20 bits per heavy atom. The van der Waals surface area contributed by atoms with Crippen molar-refractivity contribution in [2.45, 2.75) is 53.0 Å². The highest BCUT2D eigenvalue weighted by Crippen LogP contribution is 2.20. The van der Waals surface area contributed by atoms with E-state index in [0.29, 0.717) is 25.4 Å². The Bertz CT molecular complexity index is 570. The lowest BCUT2D eigenvalue weighted by Gasteiger charge is -2.32. The Morgan fingerprint density at radius 1 is 1.40 bits per heavy atom. The van der Waals surface area contributed by atoms with E-state index in [1.807, 2.05) is 15.6 Å². The van der Waals surface area contributed by atoms with Crippen molar-refractivity contribution in [2.75, 3.05) is 25.0 Å². The van der Waals surface area contributed by atoms with Gasteiger partial charge in [-0.3, -0.25) is 4.79 Å². The number of carbonyl (C=O) groups excluding carboxylic acids is 2. The summed E-state index contributed by atoms with van der Waals surface area (Å²) >= 11 is 0. The zero-order chi connectivity index (χ0) is 18.2.